The van der Waals surface area contributed by atoms with E-state index in [1.54, 1.807) is 7.11 Å². The van der Waals surface area contributed by atoms with Crippen molar-refractivity contribution in [1.82, 2.24) is 14.1 Å². The van der Waals surface area contributed by atoms with Crippen LogP contribution in [0, 0.1) is 11.3 Å². The van der Waals surface area contributed by atoms with Crippen LogP contribution < -0.4 is 16.0 Å². The minimum Gasteiger partial charge on any atom is -0.496 e. The van der Waals surface area contributed by atoms with Gasteiger partial charge in [-0.05, 0) is 31.0 Å². The van der Waals surface area contributed by atoms with Crippen molar-refractivity contribution >= 4 is 27.3 Å². The zero-order valence-electron chi connectivity index (χ0n) is 14.9. The average molecular weight is 459 g/mol. The Morgan fingerprint density at radius 3 is 2.86 bits per heavy atom. The van der Waals surface area contributed by atoms with Crippen molar-refractivity contribution in [1.29, 1.82) is 5.26 Å². The first-order valence-electron chi connectivity index (χ1n) is 8.56. The van der Waals surface area contributed by atoms with Crippen molar-refractivity contribution in [3.05, 3.63) is 66.3 Å². The molecule has 4 rings (SSSR count). The van der Waals surface area contributed by atoms with Crippen molar-refractivity contribution in [2.75, 3.05) is 7.11 Å². The second-order valence-corrected chi connectivity index (χ2v) is 8.23. The number of nitrogens with zero attached hydrogens (tertiary/aromatic N) is 4. The third-order valence-electron chi connectivity index (χ3n) is 4.52. The Balaban J connectivity index is 1.74. The van der Waals surface area contributed by atoms with Crippen molar-refractivity contribution < 1.29 is 4.74 Å². The second kappa shape index (κ2) is 7.37. The highest BCUT2D eigenvalue weighted by Gasteiger charge is 2.27. The Morgan fingerprint density at radius 1 is 1.39 bits per heavy atom. The van der Waals surface area contributed by atoms with Crippen LogP contribution in [0.3, 0.4) is 0 Å². The lowest BCUT2D eigenvalue weighted by atomic mass is 10.2. The molecule has 0 atom stereocenters. The predicted octanol–water partition coefficient (Wildman–Crippen LogP) is 3.16. The van der Waals surface area contributed by atoms with Crippen molar-refractivity contribution in [3.63, 3.8) is 0 Å². The number of ether oxygens (including phenoxy) is 1. The molecular weight excluding hydrogens is 444 g/mol. The molecule has 3 aromatic rings. The fourth-order valence-corrected chi connectivity index (χ4v) is 4.16. The van der Waals surface area contributed by atoms with Gasteiger partial charge in [0.15, 0.2) is 0 Å². The lowest BCUT2D eigenvalue weighted by molar-refractivity contribution is 0.416. The van der Waals surface area contributed by atoms with Gasteiger partial charge in [-0.1, -0.05) is 15.9 Å². The quantitative estimate of drug-likeness (QED) is 0.585. The maximum absolute atomic E-state index is 12.7. The highest BCUT2D eigenvalue weighted by Crippen LogP contribution is 2.35. The molecule has 1 aromatic carbocycles. The molecule has 1 aliphatic carbocycles. The molecule has 1 saturated carbocycles. The van der Waals surface area contributed by atoms with E-state index in [0.717, 1.165) is 32.5 Å². The summed E-state index contributed by atoms with van der Waals surface area (Å²) in [6.07, 6.45) is 3.14. The molecule has 0 N–H and O–H groups in total. The van der Waals surface area contributed by atoms with Gasteiger partial charge in [0.05, 0.1) is 24.9 Å². The fourth-order valence-electron chi connectivity index (χ4n) is 2.96. The molecule has 28 heavy (non-hydrogen) atoms. The van der Waals surface area contributed by atoms with Crippen LogP contribution in [0.25, 0.3) is 10.6 Å². The Hall–Kier alpha value is -2.70. The van der Waals surface area contributed by atoms with Crippen LogP contribution in [0.15, 0.2) is 43.8 Å². The molecule has 0 unspecified atom stereocenters. The highest BCUT2D eigenvalue weighted by molar-refractivity contribution is 9.10. The van der Waals surface area contributed by atoms with Gasteiger partial charge in [0.25, 0.3) is 5.56 Å². The number of hydrogen-bond acceptors (Lipinski definition) is 6. The summed E-state index contributed by atoms with van der Waals surface area (Å²) >= 11 is 4.85. The Labute approximate surface area is 172 Å². The van der Waals surface area contributed by atoms with Crippen LogP contribution in [0.2, 0.25) is 0 Å². The van der Waals surface area contributed by atoms with E-state index in [1.807, 2.05) is 29.6 Å². The first kappa shape index (κ1) is 18.7. The SMILES string of the molecule is COc1ccc(Br)cc1-c1nc(Cn2c(=O)c(C#N)cn(C3CC3)c2=O)cs1. The normalized spacial score (nSPS) is 13.3. The van der Waals surface area contributed by atoms with Gasteiger partial charge in [0, 0.05) is 22.1 Å². The zero-order chi connectivity index (χ0) is 19.8. The smallest absolute Gasteiger partial charge is 0.331 e. The van der Waals surface area contributed by atoms with E-state index >= 15 is 0 Å². The molecule has 1 aliphatic rings. The topological polar surface area (TPSA) is 89.9 Å². The van der Waals surface area contributed by atoms with Crippen LogP contribution in [0.4, 0.5) is 0 Å². The van der Waals surface area contributed by atoms with Gasteiger partial charge in [-0.25, -0.2) is 9.78 Å². The van der Waals surface area contributed by atoms with Gasteiger partial charge in [0.1, 0.15) is 22.4 Å². The van der Waals surface area contributed by atoms with Crippen LogP contribution in [0.5, 0.6) is 5.75 Å². The van der Waals surface area contributed by atoms with E-state index < -0.39 is 11.2 Å². The van der Waals surface area contributed by atoms with Gasteiger partial charge < -0.3 is 4.74 Å². The fraction of sp³-hybridized carbons (Fsp3) is 0.263. The number of thiazole rings is 1. The molecule has 9 heteroatoms. The summed E-state index contributed by atoms with van der Waals surface area (Å²) in [7, 11) is 1.59. The maximum Gasteiger partial charge on any atom is 0.331 e. The number of aromatic nitrogens is 3. The lowest BCUT2D eigenvalue weighted by Crippen LogP contribution is -2.41. The average Bonchev–Trinajstić information content (AvgIpc) is 3.43. The van der Waals surface area contributed by atoms with E-state index in [-0.39, 0.29) is 18.2 Å². The van der Waals surface area contributed by atoms with Gasteiger partial charge in [0.2, 0.25) is 0 Å². The Bertz CT molecular complexity index is 1220. The molecule has 0 amide bonds. The predicted molar refractivity (Wildman–Crippen MR) is 109 cm³/mol. The standard InChI is InChI=1S/C19H15BrN4O3S/c1-27-16-5-2-12(20)6-15(16)17-22-13(10-28-17)9-24-18(25)11(7-21)8-23(19(24)26)14-3-4-14/h2,5-6,8,10,14H,3-4,9H2,1H3. The minimum atomic E-state index is -0.584. The first-order valence-corrected chi connectivity index (χ1v) is 10.2. The van der Waals surface area contributed by atoms with Crippen molar-refractivity contribution in [2.45, 2.75) is 25.4 Å². The van der Waals surface area contributed by atoms with E-state index in [9.17, 15) is 14.9 Å². The summed E-state index contributed by atoms with van der Waals surface area (Å²) in [4.78, 5) is 29.8. The number of hydrogen-bond donors (Lipinski definition) is 0. The maximum atomic E-state index is 12.7. The first-order chi connectivity index (χ1) is 13.5. The molecule has 1 fully saturated rings. The van der Waals surface area contributed by atoms with Crippen LogP contribution in [-0.2, 0) is 6.54 Å². The van der Waals surface area contributed by atoms with Gasteiger partial charge in [-0.3, -0.25) is 13.9 Å². The molecule has 2 heterocycles. The summed E-state index contributed by atoms with van der Waals surface area (Å²) in [6, 6.07) is 7.59. The van der Waals surface area contributed by atoms with Gasteiger partial charge in [-0.15, -0.1) is 11.3 Å². The number of halogens is 1. The van der Waals surface area contributed by atoms with Gasteiger partial charge >= 0.3 is 5.69 Å². The Kier molecular flexibility index (Phi) is 4.91. The molecular formula is C19H15BrN4O3S. The summed E-state index contributed by atoms with van der Waals surface area (Å²) in [6.45, 7) is 0.0206. The molecule has 7 nitrogen and oxygen atoms in total. The molecule has 142 valence electrons. The number of benzene rings is 1. The largest absolute Gasteiger partial charge is 0.496 e. The summed E-state index contributed by atoms with van der Waals surface area (Å²) in [5.74, 6) is 0.684. The monoisotopic (exact) mass is 458 g/mol. The van der Waals surface area contributed by atoms with E-state index in [1.165, 1.54) is 22.1 Å². The number of nitriles is 1. The third-order valence-corrected chi connectivity index (χ3v) is 5.94. The third kappa shape index (κ3) is 3.41. The van der Waals surface area contributed by atoms with E-state index in [4.69, 9.17) is 4.74 Å². The van der Waals surface area contributed by atoms with Crippen molar-refractivity contribution in [2.24, 2.45) is 0 Å². The molecule has 0 saturated heterocycles. The summed E-state index contributed by atoms with van der Waals surface area (Å²) in [5, 5.41) is 11.8. The zero-order valence-corrected chi connectivity index (χ0v) is 17.3. The molecule has 0 aliphatic heterocycles. The van der Waals surface area contributed by atoms with Crippen LogP contribution >= 0.6 is 27.3 Å². The number of rotatable bonds is 5. The van der Waals surface area contributed by atoms with Crippen LogP contribution in [0.1, 0.15) is 30.1 Å². The van der Waals surface area contributed by atoms with Crippen LogP contribution in [-0.4, -0.2) is 21.2 Å². The number of methoxy groups -OCH3 is 1. The minimum absolute atomic E-state index is 0.0206. The van der Waals surface area contributed by atoms with E-state index in [0.29, 0.717) is 11.4 Å². The van der Waals surface area contributed by atoms with E-state index in [2.05, 4.69) is 20.9 Å². The van der Waals surface area contributed by atoms with Gasteiger partial charge in [-0.2, -0.15) is 5.26 Å². The molecule has 2 aromatic heterocycles. The highest BCUT2D eigenvalue weighted by atomic mass is 79.9. The molecule has 0 spiro atoms. The summed E-state index contributed by atoms with van der Waals surface area (Å²) in [5.41, 5.74) is 0.385. The Morgan fingerprint density at radius 2 is 2.18 bits per heavy atom. The van der Waals surface area contributed by atoms with Crippen molar-refractivity contribution in [3.8, 4) is 22.4 Å². The lowest BCUT2D eigenvalue weighted by Gasteiger charge is -2.09. The summed E-state index contributed by atoms with van der Waals surface area (Å²) < 4.78 is 8.88. The molecule has 0 bridgehead atoms. The second-order valence-electron chi connectivity index (χ2n) is 6.46. The molecule has 0 radical (unpaired) electrons.